The van der Waals surface area contributed by atoms with E-state index in [1.165, 1.54) is 30.3 Å². The van der Waals surface area contributed by atoms with Gasteiger partial charge in [-0.15, -0.1) is 0 Å². The van der Waals surface area contributed by atoms with Crippen molar-refractivity contribution in [2.24, 2.45) is 0 Å². The third kappa shape index (κ3) is 4.89. The van der Waals surface area contributed by atoms with E-state index in [0.29, 0.717) is 16.7 Å². The number of carbonyl (C=O) groups is 1. The van der Waals surface area contributed by atoms with Gasteiger partial charge in [0.1, 0.15) is 16.2 Å². The summed E-state index contributed by atoms with van der Waals surface area (Å²) in [6.45, 7) is 2.00. The zero-order valence-electron chi connectivity index (χ0n) is 20.8. The summed E-state index contributed by atoms with van der Waals surface area (Å²) in [5, 5.41) is 11.0. The van der Waals surface area contributed by atoms with Crippen molar-refractivity contribution in [3.63, 3.8) is 0 Å². The van der Waals surface area contributed by atoms with E-state index in [4.69, 9.17) is 10.5 Å². The molecule has 12 heteroatoms. The molecule has 0 fully saturated rings. The third-order valence-electron chi connectivity index (χ3n) is 6.20. The van der Waals surface area contributed by atoms with Crippen LogP contribution in [0.2, 0.25) is 0 Å². The number of benzene rings is 3. The standard InChI is InChI=1S/C27H23N5O6S/c1-17-10-12-20(13-11-17)39(36,37)24-23-26(30-22-9-3-2-8-21(22)29-23)31(25(24)28)14-5-15-38-27(33)18-6-4-7-19(16-18)32(34)35/h2-4,6-13,16H,5,14-15,28H2,1H3. The number of esters is 1. The summed E-state index contributed by atoms with van der Waals surface area (Å²) < 4.78 is 34.2. The molecule has 2 aromatic heterocycles. The molecule has 0 saturated heterocycles. The first kappa shape index (κ1) is 25.8. The summed E-state index contributed by atoms with van der Waals surface area (Å²) in [4.78, 5) is 32.0. The molecule has 0 aliphatic heterocycles. The molecule has 3 aromatic carbocycles. The zero-order valence-corrected chi connectivity index (χ0v) is 21.6. The number of nitrogen functional groups attached to an aromatic ring is 1. The van der Waals surface area contributed by atoms with Crippen molar-refractivity contribution in [1.82, 2.24) is 14.5 Å². The maximum absolute atomic E-state index is 13.7. The molecule has 11 nitrogen and oxygen atoms in total. The first-order valence-corrected chi connectivity index (χ1v) is 13.4. The van der Waals surface area contributed by atoms with Gasteiger partial charge in [-0.05, 0) is 43.7 Å². The summed E-state index contributed by atoms with van der Waals surface area (Å²) >= 11 is 0. The number of hydrogen-bond donors (Lipinski definition) is 1. The Morgan fingerprint density at radius 2 is 1.72 bits per heavy atom. The van der Waals surface area contributed by atoms with Crippen molar-refractivity contribution in [2.75, 3.05) is 12.3 Å². The SMILES string of the molecule is Cc1ccc(S(=O)(=O)c2c(N)n(CCCOC(=O)c3cccc([N+](=O)[O-])c3)c3nc4ccccc4nc23)cc1. The number of nitro benzene ring substituents is 1. The van der Waals surface area contributed by atoms with Gasteiger partial charge in [0.05, 0.1) is 33.0 Å². The van der Waals surface area contributed by atoms with Gasteiger partial charge < -0.3 is 15.0 Å². The number of hydrogen-bond acceptors (Lipinski definition) is 9. The summed E-state index contributed by atoms with van der Waals surface area (Å²) in [5.74, 6) is -0.733. The van der Waals surface area contributed by atoms with Crippen LogP contribution in [0.4, 0.5) is 11.5 Å². The van der Waals surface area contributed by atoms with E-state index in [1.807, 2.05) is 6.92 Å². The lowest BCUT2D eigenvalue weighted by atomic mass is 10.2. The number of rotatable bonds is 8. The number of anilines is 1. The highest BCUT2D eigenvalue weighted by Crippen LogP contribution is 2.35. The monoisotopic (exact) mass is 545 g/mol. The number of carbonyl (C=O) groups excluding carboxylic acids is 1. The summed E-state index contributed by atoms with van der Waals surface area (Å²) in [7, 11) is -4.04. The number of non-ortho nitro benzene ring substituents is 1. The van der Waals surface area contributed by atoms with Crippen molar-refractivity contribution in [3.05, 3.63) is 94.0 Å². The second-order valence-electron chi connectivity index (χ2n) is 8.86. The molecular formula is C27H23N5O6S. The average molecular weight is 546 g/mol. The predicted molar refractivity (Wildman–Crippen MR) is 144 cm³/mol. The van der Waals surface area contributed by atoms with Crippen molar-refractivity contribution in [1.29, 1.82) is 0 Å². The molecule has 0 aliphatic rings. The van der Waals surface area contributed by atoms with Gasteiger partial charge in [-0.3, -0.25) is 10.1 Å². The normalized spacial score (nSPS) is 11.6. The summed E-state index contributed by atoms with van der Waals surface area (Å²) in [6.07, 6.45) is 0.271. The lowest BCUT2D eigenvalue weighted by molar-refractivity contribution is -0.384. The van der Waals surface area contributed by atoms with Crippen LogP contribution >= 0.6 is 0 Å². The fourth-order valence-corrected chi connectivity index (χ4v) is 5.74. The molecule has 0 unspecified atom stereocenters. The Bertz CT molecular complexity index is 1850. The molecule has 5 aromatic rings. The molecule has 2 N–H and O–H groups in total. The van der Waals surface area contributed by atoms with Crippen LogP contribution in [-0.4, -0.2) is 40.5 Å². The highest BCUT2D eigenvalue weighted by Gasteiger charge is 2.30. The topological polar surface area (TPSA) is 160 Å². The van der Waals surface area contributed by atoms with E-state index in [9.17, 15) is 23.3 Å². The quantitative estimate of drug-likeness (QED) is 0.128. The second kappa shape index (κ2) is 10.1. The summed E-state index contributed by atoms with van der Waals surface area (Å²) in [6, 6.07) is 18.8. The molecule has 198 valence electrons. The third-order valence-corrected chi connectivity index (χ3v) is 8.03. The van der Waals surface area contributed by atoms with Crippen LogP contribution < -0.4 is 5.73 Å². The molecule has 5 rings (SSSR count). The van der Waals surface area contributed by atoms with Crippen LogP contribution in [0.3, 0.4) is 0 Å². The Hall–Kier alpha value is -4.84. The molecule has 2 heterocycles. The van der Waals surface area contributed by atoms with Crippen molar-refractivity contribution >= 4 is 49.5 Å². The van der Waals surface area contributed by atoms with E-state index in [0.717, 1.165) is 11.6 Å². The van der Waals surface area contributed by atoms with Gasteiger partial charge in [0.15, 0.2) is 5.65 Å². The number of aryl methyl sites for hydroxylation is 2. The maximum Gasteiger partial charge on any atom is 0.338 e. The van der Waals surface area contributed by atoms with E-state index >= 15 is 0 Å². The summed E-state index contributed by atoms with van der Waals surface area (Å²) in [5.41, 5.74) is 8.73. The Kier molecular flexibility index (Phi) is 6.71. The van der Waals surface area contributed by atoms with Crippen LogP contribution in [0.15, 0.2) is 82.6 Å². The Labute approximate surface area is 222 Å². The molecule has 39 heavy (non-hydrogen) atoms. The van der Waals surface area contributed by atoms with Crippen LogP contribution in [0.5, 0.6) is 0 Å². The number of nitro groups is 1. The molecule has 0 aliphatic carbocycles. The zero-order chi connectivity index (χ0) is 27.7. The van der Waals surface area contributed by atoms with E-state index in [2.05, 4.69) is 9.97 Å². The Morgan fingerprint density at radius 1 is 1.03 bits per heavy atom. The molecule has 0 amide bonds. The average Bonchev–Trinajstić information content (AvgIpc) is 3.20. The van der Waals surface area contributed by atoms with Gasteiger partial charge in [-0.1, -0.05) is 35.9 Å². The molecule has 0 bridgehead atoms. The number of ether oxygens (including phenoxy) is 1. The highest BCUT2D eigenvalue weighted by molar-refractivity contribution is 7.92. The van der Waals surface area contributed by atoms with E-state index in [-0.39, 0.29) is 51.9 Å². The maximum atomic E-state index is 13.7. The van der Waals surface area contributed by atoms with Crippen LogP contribution in [0.25, 0.3) is 22.2 Å². The lowest BCUT2D eigenvalue weighted by Crippen LogP contribution is -2.11. The van der Waals surface area contributed by atoms with Crippen LogP contribution in [0.1, 0.15) is 22.3 Å². The van der Waals surface area contributed by atoms with E-state index < -0.39 is 20.7 Å². The fourth-order valence-electron chi connectivity index (χ4n) is 4.23. The fraction of sp³-hybridized carbons (Fsp3) is 0.148. The minimum Gasteiger partial charge on any atom is -0.462 e. The van der Waals surface area contributed by atoms with Gasteiger partial charge in [0, 0.05) is 18.7 Å². The lowest BCUT2D eigenvalue weighted by Gasteiger charge is -2.09. The molecule has 0 radical (unpaired) electrons. The smallest absolute Gasteiger partial charge is 0.338 e. The minimum absolute atomic E-state index is 0.0223. The van der Waals surface area contributed by atoms with Crippen LogP contribution in [0, 0.1) is 17.0 Å². The first-order valence-electron chi connectivity index (χ1n) is 11.9. The minimum atomic E-state index is -4.04. The predicted octanol–water partition coefficient (Wildman–Crippen LogP) is 4.46. The van der Waals surface area contributed by atoms with Gasteiger partial charge >= 0.3 is 5.97 Å². The number of sulfone groups is 1. The molecule has 0 saturated carbocycles. The molecular weight excluding hydrogens is 522 g/mol. The first-order chi connectivity index (χ1) is 18.7. The van der Waals surface area contributed by atoms with Gasteiger partial charge in [-0.2, -0.15) is 0 Å². The van der Waals surface area contributed by atoms with Gasteiger partial charge in [-0.25, -0.2) is 23.2 Å². The van der Waals surface area contributed by atoms with E-state index in [1.54, 1.807) is 41.0 Å². The van der Waals surface area contributed by atoms with Gasteiger partial charge in [0.2, 0.25) is 9.84 Å². The van der Waals surface area contributed by atoms with Crippen molar-refractivity contribution in [3.8, 4) is 0 Å². The second-order valence-corrected chi connectivity index (χ2v) is 10.8. The number of para-hydroxylation sites is 2. The molecule has 0 spiro atoms. The highest BCUT2D eigenvalue weighted by atomic mass is 32.2. The number of fused-ring (bicyclic) bond motifs is 2. The number of nitrogens with two attached hydrogens (primary N) is 1. The van der Waals surface area contributed by atoms with Crippen molar-refractivity contribution in [2.45, 2.75) is 29.7 Å². The Morgan fingerprint density at radius 3 is 2.41 bits per heavy atom. The number of nitrogens with zero attached hydrogens (tertiary/aromatic N) is 4. The van der Waals surface area contributed by atoms with Gasteiger partial charge in [0.25, 0.3) is 5.69 Å². The Balaban J connectivity index is 1.47. The number of aromatic nitrogens is 3. The van der Waals surface area contributed by atoms with Crippen LogP contribution in [-0.2, 0) is 21.1 Å². The van der Waals surface area contributed by atoms with Crippen molar-refractivity contribution < 1.29 is 22.9 Å². The molecule has 0 atom stereocenters. The largest absolute Gasteiger partial charge is 0.462 e.